The van der Waals surface area contributed by atoms with Crippen LogP contribution in [0, 0.1) is 11.8 Å². The Balaban J connectivity index is 2.61. The van der Waals surface area contributed by atoms with Crippen molar-refractivity contribution in [1.29, 1.82) is 0 Å². The Hall–Kier alpha value is -1.07. The molecule has 0 aliphatic heterocycles. The fraction of sp³-hybridized carbons (Fsp3) is 0.444. The lowest BCUT2D eigenvalue weighted by atomic mass is 9.89. The van der Waals surface area contributed by atoms with Gasteiger partial charge in [-0.1, -0.05) is 69.0 Å². The molecule has 0 saturated carbocycles. The van der Waals surface area contributed by atoms with E-state index in [1.807, 2.05) is 24.3 Å². The van der Waals surface area contributed by atoms with Crippen molar-refractivity contribution in [2.24, 2.45) is 11.8 Å². The van der Waals surface area contributed by atoms with Crippen LogP contribution in [0.15, 0.2) is 61.0 Å². The first-order valence-electron chi connectivity index (χ1n) is 7.27. The van der Waals surface area contributed by atoms with Gasteiger partial charge in [0.1, 0.15) is 7.14 Å². The van der Waals surface area contributed by atoms with Crippen molar-refractivity contribution in [1.82, 2.24) is 0 Å². The quantitative estimate of drug-likeness (QED) is 0.624. The van der Waals surface area contributed by atoms with E-state index in [9.17, 15) is 4.57 Å². The van der Waals surface area contributed by atoms with Crippen LogP contribution in [-0.2, 0) is 4.57 Å². The van der Waals surface area contributed by atoms with Crippen molar-refractivity contribution >= 4 is 7.14 Å². The highest BCUT2D eigenvalue weighted by molar-refractivity contribution is 7.70. The molecule has 0 aromatic heterocycles. The Morgan fingerprint density at radius 1 is 0.950 bits per heavy atom. The van der Waals surface area contributed by atoms with Crippen LogP contribution < -0.4 is 0 Å². The third-order valence-corrected chi connectivity index (χ3v) is 9.91. The Bertz CT molecular complexity index is 522. The predicted octanol–water partition coefficient (Wildman–Crippen LogP) is 5.53. The molecular formula is C18H25OP. The first kappa shape index (κ1) is 15.3. The van der Waals surface area contributed by atoms with E-state index in [1.165, 1.54) is 0 Å². The number of hydrogen-bond donors (Lipinski definition) is 0. The molecule has 0 aromatic rings. The summed E-state index contributed by atoms with van der Waals surface area (Å²) >= 11 is 0. The molecule has 0 spiro atoms. The lowest BCUT2D eigenvalue weighted by Crippen LogP contribution is -2.42. The molecule has 0 heterocycles. The SMILES string of the molecule is C=CP(=O)(C1(C)C=CC=CC1C)C1(C)C=CC=CC1C. The molecule has 0 aromatic carbocycles. The van der Waals surface area contributed by atoms with Crippen LogP contribution in [0.3, 0.4) is 0 Å². The highest BCUT2D eigenvalue weighted by Crippen LogP contribution is 2.74. The van der Waals surface area contributed by atoms with Crippen LogP contribution in [0.1, 0.15) is 27.7 Å². The van der Waals surface area contributed by atoms with Gasteiger partial charge in [0.2, 0.25) is 0 Å². The molecule has 0 saturated heterocycles. The zero-order valence-corrected chi connectivity index (χ0v) is 13.8. The van der Waals surface area contributed by atoms with Crippen LogP contribution in [0.5, 0.6) is 0 Å². The first-order valence-corrected chi connectivity index (χ1v) is 9.05. The van der Waals surface area contributed by atoms with Gasteiger partial charge in [-0.05, 0) is 31.5 Å². The van der Waals surface area contributed by atoms with Gasteiger partial charge in [0.25, 0.3) is 0 Å². The normalized spacial score (nSPS) is 42.4. The monoisotopic (exact) mass is 288 g/mol. The second-order valence-electron chi connectivity index (χ2n) is 6.36. The second kappa shape index (κ2) is 5.04. The summed E-state index contributed by atoms with van der Waals surface area (Å²) in [7, 11) is -2.70. The number of rotatable bonds is 3. The van der Waals surface area contributed by atoms with Gasteiger partial charge in [-0.2, -0.15) is 0 Å². The van der Waals surface area contributed by atoms with E-state index in [0.29, 0.717) is 0 Å². The van der Waals surface area contributed by atoms with Crippen molar-refractivity contribution in [3.05, 3.63) is 61.0 Å². The first-order chi connectivity index (χ1) is 9.32. The van der Waals surface area contributed by atoms with Crippen LogP contribution in [0.4, 0.5) is 0 Å². The summed E-state index contributed by atoms with van der Waals surface area (Å²) in [5.74, 6) is 2.21. The van der Waals surface area contributed by atoms with Gasteiger partial charge >= 0.3 is 0 Å². The second-order valence-corrected chi connectivity index (χ2v) is 9.97. The largest absolute Gasteiger partial charge is 0.317 e. The van der Waals surface area contributed by atoms with Crippen LogP contribution >= 0.6 is 7.14 Å². The average molecular weight is 288 g/mol. The van der Waals surface area contributed by atoms with Crippen molar-refractivity contribution in [3.8, 4) is 0 Å². The Kier molecular flexibility index (Phi) is 3.86. The third kappa shape index (κ3) is 1.87. The molecule has 0 N–H and O–H groups in total. The van der Waals surface area contributed by atoms with Crippen molar-refractivity contribution < 1.29 is 4.57 Å². The van der Waals surface area contributed by atoms with Crippen LogP contribution in [-0.4, -0.2) is 10.3 Å². The van der Waals surface area contributed by atoms with Crippen molar-refractivity contribution in [2.75, 3.05) is 0 Å². The minimum Gasteiger partial charge on any atom is -0.317 e. The molecule has 2 aliphatic carbocycles. The molecule has 0 radical (unpaired) electrons. The molecule has 20 heavy (non-hydrogen) atoms. The molecule has 2 heteroatoms. The topological polar surface area (TPSA) is 17.1 Å². The third-order valence-electron chi connectivity index (χ3n) is 5.42. The maximum absolute atomic E-state index is 14.1. The molecule has 0 fully saturated rings. The van der Waals surface area contributed by atoms with Gasteiger partial charge in [-0.15, -0.1) is 0 Å². The maximum atomic E-state index is 14.1. The van der Waals surface area contributed by atoms with Gasteiger partial charge in [-0.25, -0.2) is 0 Å². The van der Waals surface area contributed by atoms with E-state index >= 15 is 0 Å². The summed E-state index contributed by atoms with van der Waals surface area (Å²) in [6.07, 6.45) is 16.6. The van der Waals surface area contributed by atoms with Crippen LogP contribution in [0.2, 0.25) is 0 Å². The standard InChI is InChI=1S/C18H25OP/c1-6-20(19,17(4)13-9-7-11-15(17)2)18(5)14-10-8-12-16(18)3/h6-16H,1H2,2-5H3. The molecule has 108 valence electrons. The van der Waals surface area contributed by atoms with E-state index < -0.39 is 7.14 Å². The van der Waals surface area contributed by atoms with Crippen LogP contribution in [0.25, 0.3) is 0 Å². The predicted molar refractivity (Wildman–Crippen MR) is 89.5 cm³/mol. The van der Waals surface area contributed by atoms with Crippen molar-refractivity contribution in [3.63, 3.8) is 0 Å². The van der Waals surface area contributed by atoms with Gasteiger partial charge < -0.3 is 4.57 Å². The molecule has 4 unspecified atom stereocenters. The maximum Gasteiger partial charge on any atom is 0.127 e. The van der Waals surface area contributed by atoms with Gasteiger partial charge in [0, 0.05) is 10.3 Å². The minimum absolute atomic E-state index is 0.236. The number of hydrogen-bond acceptors (Lipinski definition) is 1. The molecular weight excluding hydrogens is 263 g/mol. The van der Waals surface area contributed by atoms with E-state index in [0.717, 1.165) is 0 Å². The summed E-state index contributed by atoms with van der Waals surface area (Å²) in [5.41, 5.74) is 0. The lowest BCUT2D eigenvalue weighted by Gasteiger charge is -2.49. The van der Waals surface area contributed by atoms with Gasteiger partial charge in [0.15, 0.2) is 0 Å². The Labute approximate surface area is 123 Å². The highest BCUT2D eigenvalue weighted by atomic mass is 31.2. The fourth-order valence-electron chi connectivity index (χ4n) is 3.39. The average Bonchev–Trinajstić information content (AvgIpc) is 2.44. The summed E-state index contributed by atoms with van der Waals surface area (Å²) in [5, 5.41) is -0.746. The number of allylic oxidation sites excluding steroid dienone is 8. The zero-order valence-electron chi connectivity index (χ0n) is 12.9. The summed E-state index contributed by atoms with van der Waals surface area (Å²) in [6, 6.07) is 0. The van der Waals surface area contributed by atoms with E-state index in [1.54, 1.807) is 5.82 Å². The zero-order chi connectivity index (χ0) is 15.0. The Morgan fingerprint density at radius 3 is 1.65 bits per heavy atom. The molecule has 1 nitrogen and oxygen atoms in total. The summed E-state index contributed by atoms with van der Waals surface area (Å²) < 4.78 is 14.1. The molecule has 2 aliphatic rings. The van der Waals surface area contributed by atoms with Gasteiger partial charge in [-0.3, -0.25) is 0 Å². The molecule has 0 bridgehead atoms. The lowest BCUT2D eigenvalue weighted by molar-refractivity contribution is 0.468. The van der Waals surface area contributed by atoms with Crippen molar-refractivity contribution in [2.45, 2.75) is 38.0 Å². The fourth-order valence-corrected chi connectivity index (χ4v) is 7.22. The molecule has 4 atom stereocenters. The van der Waals surface area contributed by atoms with E-state index in [4.69, 9.17) is 0 Å². The van der Waals surface area contributed by atoms with E-state index in [-0.39, 0.29) is 22.1 Å². The summed E-state index contributed by atoms with van der Waals surface area (Å²) in [4.78, 5) is 0. The molecule has 2 rings (SSSR count). The summed E-state index contributed by atoms with van der Waals surface area (Å²) in [6.45, 7) is 12.5. The molecule has 0 amide bonds. The minimum atomic E-state index is -2.70. The van der Waals surface area contributed by atoms with Gasteiger partial charge in [0.05, 0.1) is 0 Å². The Morgan fingerprint density at radius 2 is 1.35 bits per heavy atom. The van der Waals surface area contributed by atoms with E-state index in [2.05, 4.69) is 58.6 Å². The highest BCUT2D eigenvalue weighted by Gasteiger charge is 2.55. The smallest absolute Gasteiger partial charge is 0.127 e.